The van der Waals surface area contributed by atoms with E-state index in [0.29, 0.717) is 0 Å². The summed E-state index contributed by atoms with van der Waals surface area (Å²) in [7, 11) is 1.28. The first-order valence-corrected chi connectivity index (χ1v) is 5.73. The van der Waals surface area contributed by atoms with Crippen molar-refractivity contribution in [3.8, 4) is 0 Å². The summed E-state index contributed by atoms with van der Waals surface area (Å²) in [6.07, 6.45) is -0.123. The second kappa shape index (κ2) is 5.04. The number of hydrogen-bond acceptors (Lipinski definition) is 5. The molecular weight excluding hydrogens is 224 g/mol. The Bertz CT molecular complexity index is 305. The van der Waals surface area contributed by atoms with Gasteiger partial charge < -0.3 is 14.6 Å². The lowest BCUT2D eigenvalue weighted by Crippen LogP contribution is -2.33. The molecule has 1 rings (SSSR count). The summed E-state index contributed by atoms with van der Waals surface area (Å²) in [6.45, 7) is 5.30. The predicted molar refractivity (Wildman–Crippen MR) is 60.1 cm³/mol. The molecular formula is C12H20O5. The fourth-order valence-corrected chi connectivity index (χ4v) is 2.06. The van der Waals surface area contributed by atoms with Crippen LogP contribution in [0, 0.1) is 11.8 Å². The van der Waals surface area contributed by atoms with Gasteiger partial charge in [-0.05, 0) is 33.6 Å². The standard InChI is InChI=1S/C12H20O5/c1-12(2,3)17-11(15)9-6-7(13)5-8(9)10(14)16-4/h7-9,13H,5-6H2,1-4H3/t7-,8+,9+/m1/s1. The van der Waals surface area contributed by atoms with Gasteiger partial charge in [-0.1, -0.05) is 0 Å². The lowest BCUT2D eigenvalue weighted by molar-refractivity contribution is -0.166. The molecule has 0 aromatic heterocycles. The monoisotopic (exact) mass is 244 g/mol. The van der Waals surface area contributed by atoms with E-state index >= 15 is 0 Å². The molecule has 1 saturated carbocycles. The number of carbonyl (C=O) groups excluding carboxylic acids is 2. The van der Waals surface area contributed by atoms with Gasteiger partial charge in [-0.2, -0.15) is 0 Å². The van der Waals surface area contributed by atoms with Crippen LogP contribution in [-0.4, -0.2) is 35.9 Å². The lowest BCUT2D eigenvalue weighted by Gasteiger charge is -2.23. The Labute approximate surface area is 101 Å². The number of carbonyl (C=O) groups is 2. The molecule has 0 aliphatic heterocycles. The van der Waals surface area contributed by atoms with Gasteiger partial charge in [-0.3, -0.25) is 9.59 Å². The lowest BCUT2D eigenvalue weighted by atomic mass is 9.96. The molecule has 5 nitrogen and oxygen atoms in total. The van der Waals surface area contributed by atoms with Gasteiger partial charge >= 0.3 is 11.9 Å². The molecule has 5 heteroatoms. The van der Waals surface area contributed by atoms with Crippen LogP contribution in [0.1, 0.15) is 33.6 Å². The third kappa shape index (κ3) is 3.70. The van der Waals surface area contributed by atoms with Gasteiger partial charge in [0.1, 0.15) is 5.60 Å². The van der Waals surface area contributed by atoms with Gasteiger partial charge in [0.2, 0.25) is 0 Å². The van der Waals surface area contributed by atoms with Crippen molar-refractivity contribution in [1.29, 1.82) is 0 Å². The molecule has 0 radical (unpaired) electrons. The van der Waals surface area contributed by atoms with E-state index < -0.39 is 35.5 Å². The van der Waals surface area contributed by atoms with Crippen LogP contribution in [0.15, 0.2) is 0 Å². The van der Waals surface area contributed by atoms with Crippen molar-refractivity contribution in [2.75, 3.05) is 7.11 Å². The molecule has 1 aliphatic rings. The van der Waals surface area contributed by atoms with Crippen LogP contribution in [0.25, 0.3) is 0 Å². The largest absolute Gasteiger partial charge is 0.469 e. The van der Waals surface area contributed by atoms with Crippen LogP contribution < -0.4 is 0 Å². The zero-order chi connectivity index (χ0) is 13.2. The van der Waals surface area contributed by atoms with Crippen molar-refractivity contribution >= 4 is 11.9 Å². The van der Waals surface area contributed by atoms with Gasteiger partial charge in [0.05, 0.1) is 25.0 Å². The quantitative estimate of drug-likeness (QED) is 0.730. The fraction of sp³-hybridized carbons (Fsp3) is 0.833. The zero-order valence-electron chi connectivity index (χ0n) is 10.7. The Morgan fingerprint density at radius 3 is 2.00 bits per heavy atom. The molecule has 0 saturated heterocycles. The minimum Gasteiger partial charge on any atom is -0.469 e. The first kappa shape index (κ1) is 14.0. The third-order valence-electron chi connectivity index (χ3n) is 2.75. The van der Waals surface area contributed by atoms with Gasteiger partial charge in [-0.15, -0.1) is 0 Å². The van der Waals surface area contributed by atoms with E-state index in [1.807, 2.05) is 0 Å². The first-order chi connectivity index (χ1) is 7.74. The molecule has 0 unspecified atom stereocenters. The summed E-state index contributed by atoms with van der Waals surface area (Å²) < 4.78 is 9.87. The predicted octanol–water partition coefficient (Wildman–Crippen LogP) is 0.888. The maximum atomic E-state index is 11.9. The van der Waals surface area contributed by atoms with E-state index in [-0.39, 0.29) is 12.8 Å². The highest BCUT2D eigenvalue weighted by molar-refractivity contribution is 5.83. The molecule has 0 aromatic carbocycles. The number of hydrogen-bond donors (Lipinski definition) is 1. The van der Waals surface area contributed by atoms with Crippen molar-refractivity contribution < 1.29 is 24.2 Å². The number of methoxy groups -OCH3 is 1. The second-order valence-electron chi connectivity index (χ2n) is 5.39. The summed E-state index contributed by atoms with van der Waals surface area (Å²) in [5, 5.41) is 9.55. The van der Waals surface area contributed by atoms with Crippen molar-refractivity contribution in [1.82, 2.24) is 0 Å². The van der Waals surface area contributed by atoms with Gasteiger partial charge in [0.15, 0.2) is 0 Å². The number of esters is 2. The number of aliphatic hydroxyl groups is 1. The summed E-state index contributed by atoms with van der Waals surface area (Å²) >= 11 is 0. The van der Waals surface area contributed by atoms with E-state index in [1.54, 1.807) is 20.8 Å². The average Bonchev–Trinajstić information content (AvgIpc) is 2.56. The molecule has 0 spiro atoms. The van der Waals surface area contributed by atoms with Crippen molar-refractivity contribution in [2.45, 2.75) is 45.3 Å². The number of rotatable bonds is 2. The van der Waals surface area contributed by atoms with E-state index in [1.165, 1.54) is 7.11 Å². The van der Waals surface area contributed by atoms with Crippen LogP contribution in [0.2, 0.25) is 0 Å². The normalized spacial score (nSPS) is 28.9. The van der Waals surface area contributed by atoms with Gasteiger partial charge in [-0.25, -0.2) is 0 Å². The highest BCUT2D eigenvalue weighted by atomic mass is 16.6. The zero-order valence-corrected chi connectivity index (χ0v) is 10.7. The Kier molecular flexibility index (Phi) is 4.14. The Morgan fingerprint density at radius 2 is 1.59 bits per heavy atom. The summed E-state index contributed by atoms with van der Waals surface area (Å²) in [4.78, 5) is 23.4. The molecule has 1 aliphatic carbocycles. The average molecular weight is 244 g/mol. The number of aliphatic hydroxyl groups excluding tert-OH is 1. The van der Waals surface area contributed by atoms with Crippen molar-refractivity contribution in [3.63, 3.8) is 0 Å². The van der Waals surface area contributed by atoms with Crippen LogP contribution in [0.5, 0.6) is 0 Å². The highest BCUT2D eigenvalue weighted by Crippen LogP contribution is 2.34. The minimum atomic E-state index is -0.642. The summed E-state index contributed by atoms with van der Waals surface area (Å²) in [6, 6.07) is 0. The van der Waals surface area contributed by atoms with Crippen LogP contribution in [-0.2, 0) is 19.1 Å². The fourth-order valence-electron chi connectivity index (χ4n) is 2.06. The molecule has 3 atom stereocenters. The van der Waals surface area contributed by atoms with Crippen molar-refractivity contribution in [2.24, 2.45) is 11.8 Å². The SMILES string of the molecule is COC(=O)[C@H]1C[C@@H](O)C[C@@H]1C(=O)OC(C)(C)C. The summed E-state index contributed by atoms with van der Waals surface area (Å²) in [5.41, 5.74) is -0.592. The van der Waals surface area contributed by atoms with Crippen LogP contribution in [0.4, 0.5) is 0 Å². The maximum absolute atomic E-state index is 11.9. The molecule has 0 aromatic rings. The summed E-state index contributed by atoms with van der Waals surface area (Å²) in [5.74, 6) is -2.09. The third-order valence-corrected chi connectivity index (χ3v) is 2.75. The van der Waals surface area contributed by atoms with Crippen LogP contribution in [0.3, 0.4) is 0 Å². The Morgan fingerprint density at radius 1 is 1.12 bits per heavy atom. The highest BCUT2D eigenvalue weighted by Gasteiger charge is 2.44. The molecule has 1 N–H and O–H groups in total. The Hall–Kier alpha value is -1.10. The van der Waals surface area contributed by atoms with E-state index in [4.69, 9.17) is 4.74 Å². The Balaban J connectivity index is 2.73. The van der Waals surface area contributed by atoms with Gasteiger partial charge in [0, 0.05) is 0 Å². The molecule has 1 fully saturated rings. The smallest absolute Gasteiger partial charge is 0.310 e. The van der Waals surface area contributed by atoms with Crippen molar-refractivity contribution in [3.05, 3.63) is 0 Å². The topological polar surface area (TPSA) is 72.8 Å². The molecule has 17 heavy (non-hydrogen) atoms. The van der Waals surface area contributed by atoms with Crippen LogP contribution >= 0.6 is 0 Å². The van der Waals surface area contributed by atoms with E-state index in [2.05, 4.69) is 4.74 Å². The molecule has 0 heterocycles. The van der Waals surface area contributed by atoms with E-state index in [0.717, 1.165) is 0 Å². The minimum absolute atomic E-state index is 0.259. The van der Waals surface area contributed by atoms with E-state index in [9.17, 15) is 14.7 Å². The maximum Gasteiger partial charge on any atom is 0.310 e. The molecule has 98 valence electrons. The molecule has 0 amide bonds. The number of ether oxygens (including phenoxy) is 2. The first-order valence-electron chi connectivity index (χ1n) is 5.73. The van der Waals surface area contributed by atoms with Gasteiger partial charge in [0.25, 0.3) is 0 Å². The second-order valence-corrected chi connectivity index (χ2v) is 5.39. The molecule has 0 bridgehead atoms.